The van der Waals surface area contributed by atoms with Gasteiger partial charge in [0, 0.05) is 74.8 Å². The van der Waals surface area contributed by atoms with Crippen LogP contribution in [0.2, 0.25) is 0 Å². The molecule has 0 amide bonds. The lowest BCUT2D eigenvalue weighted by Gasteiger charge is -2.39. The third-order valence-electron chi connectivity index (χ3n) is 6.08. The maximum atomic E-state index is 8.59. The highest BCUT2D eigenvalue weighted by Gasteiger charge is 2.25. The molecule has 0 aromatic carbocycles. The summed E-state index contributed by atoms with van der Waals surface area (Å²) in [7, 11) is 0. The molecule has 0 bridgehead atoms. The van der Waals surface area contributed by atoms with E-state index in [1.54, 1.807) is 0 Å². The van der Waals surface area contributed by atoms with Crippen molar-refractivity contribution in [2.75, 3.05) is 58.9 Å². The normalized spacial score (nSPS) is 26.7. The van der Waals surface area contributed by atoms with Gasteiger partial charge in [-0.3, -0.25) is 9.80 Å². The summed E-state index contributed by atoms with van der Waals surface area (Å²) >= 11 is 0. The van der Waals surface area contributed by atoms with E-state index >= 15 is 0 Å². The molecule has 2 heterocycles. The van der Waals surface area contributed by atoms with Crippen molar-refractivity contribution in [3.8, 4) is 0 Å². The third-order valence-corrected chi connectivity index (χ3v) is 6.08. The van der Waals surface area contributed by atoms with Gasteiger partial charge in [-0.05, 0) is 41.8 Å². The summed E-state index contributed by atoms with van der Waals surface area (Å²) < 4.78 is 0. The summed E-state index contributed by atoms with van der Waals surface area (Å²) in [6.45, 7) is 9.68. The fourth-order valence-electron chi connectivity index (χ4n) is 4.41. The topological polar surface area (TPSA) is 116 Å². The lowest BCUT2D eigenvalue weighted by atomic mass is 9.83. The zero-order chi connectivity index (χ0) is 20.5. The van der Waals surface area contributed by atoms with Crippen molar-refractivity contribution in [3.63, 3.8) is 0 Å². The first-order valence-electron chi connectivity index (χ1n) is 10.4. The van der Waals surface area contributed by atoms with E-state index < -0.39 is 0 Å². The Morgan fingerprint density at radius 1 is 1.14 bits per heavy atom. The van der Waals surface area contributed by atoms with E-state index in [9.17, 15) is 0 Å². The molecule has 0 aromatic rings. The van der Waals surface area contributed by atoms with Crippen LogP contribution in [0.25, 0.3) is 20.9 Å². The predicted molar refractivity (Wildman–Crippen MR) is 115 cm³/mol. The van der Waals surface area contributed by atoms with Gasteiger partial charge in [0.25, 0.3) is 0 Å². The van der Waals surface area contributed by atoms with Gasteiger partial charge in [-0.2, -0.15) is 0 Å². The van der Waals surface area contributed by atoms with E-state index in [0.29, 0.717) is 24.9 Å². The van der Waals surface area contributed by atoms with Gasteiger partial charge in [-0.1, -0.05) is 40.1 Å². The Balaban J connectivity index is 1.46. The Kier molecular flexibility index (Phi) is 8.16. The van der Waals surface area contributed by atoms with Crippen LogP contribution in [-0.2, 0) is 0 Å². The van der Waals surface area contributed by atoms with E-state index in [1.165, 1.54) is 11.1 Å². The van der Waals surface area contributed by atoms with Gasteiger partial charge in [0.1, 0.15) is 0 Å². The first kappa shape index (κ1) is 21.4. The van der Waals surface area contributed by atoms with Crippen LogP contribution in [-0.4, -0.2) is 74.7 Å². The molecule has 9 heteroatoms. The van der Waals surface area contributed by atoms with Crippen molar-refractivity contribution in [2.24, 2.45) is 22.1 Å². The average Bonchev–Trinajstić information content (AvgIpc) is 2.75. The quantitative estimate of drug-likeness (QED) is 0.293. The fraction of sp³-hybridized carbons (Fsp3) is 0.700. The van der Waals surface area contributed by atoms with Crippen LogP contribution >= 0.6 is 0 Å². The van der Waals surface area contributed by atoms with E-state index in [0.717, 1.165) is 52.2 Å². The van der Waals surface area contributed by atoms with Crippen molar-refractivity contribution >= 4 is 0 Å². The SMILES string of the molecule is CC1=CC(C2C=CC(CN3CCN(C(CN=[N+]=[N-])CN=[N+]=[N-])CC3)=CC2)CNC1. The molecule has 0 saturated carbocycles. The zero-order valence-corrected chi connectivity index (χ0v) is 17.2. The molecule has 1 aliphatic carbocycles. The minimum Gasteiger partial charge on any atom is -0.312 e. The highest BCUT2D eigenvalue weighted by atomic mass is 15.3. The minimum atomic E-state index is -0.0147. The second-order valence-corrected chi connectivity index (χ2v) is 8.14. The number of nitrogens with zero attached hydrogens (tertiary/aromatic N) is 8. The lowest BCUT2D eigenvalue weighted by Crippen LogP contribution is -2.52. The molecule has 1 saturated heterocycles. The maximum Gasteiger partial charge on any atom is 0.0415 e. The molecule has 9 nitrogen and oxygen atoms in total. The molecular weight excluding hydrogens is 366 g/mol. The molecule has 0 spiro atoms. The number of piperazine rings is 1. The smallest absolute Gasteiger partial charge is 0.0415 e. The van der Waals surface area contributed by atoms with Crippen LogP contribution in [0.5, 0.6) is 0 Å². The van der Waals surface area contributed by atoms with Crippen LogP contribution in [0.1, 0.15) is 13.3 Å². The molecule has 0 aromatic heterocycles. The summed E-state index contributed by atoms with van der Waals surface area (Å²) in [6, 6.07) is -0.0147. The summed E-state index contributed by atoms with van der Waals surface area (Å²) in [6.07, 6.45) is 10.7. The van der Waals surface area contributed by atoms with E-state index in [-0.39, 0.29) is 6.04 Å². The Hall–Kier alpha value is -2.28. The van der Waals surface area contributed by atoms with Crippen molar-refractivity contribution in [1.82, 2.24) is 15.1 Å². The van der Waals surface area contributed by atoms with E-state index in [4.69, 9.17) is 11.1 Å². The first-order chi connectivity index (χ1) is 14.2. The van der Waals surface area contributed by atoms with Crippen molar-refractivity contribution in [2.45, 2.75) is 19.4 Å². The highest BCUT2D eigenvalue weighted by Crippen LogP contribution is 2.27. The molecular formula is C20H31N9. The van der Waals surface area contributed by atoms with Gasteiger partial charge >= 0.3 is 0 Å². The number of azide groups is 2. The van der Waals surface area contributed by atoms with Crippen LogP contribution in [0.15, 0.2) is 45.7 Å². The van der Waals surface area contributed by atoms with Gasteiger partial charge in [-0.15, -0.1) is 0 Å². The van der Waals surface area contributed by atoms with Crippen LogP contribution in [0.4, 0.5) is 0 Å². The van der Waals surface area contributed by atoms with Crippen LogP contribution < -0.4 is 5.32 Å². The van der Waals surface area contributed by atoms with E-state index in [1.807, 2.05) is 0 Å². The molecule has 2 unspecified atom stereocenters. The summed E-state index contributed by atoms with van der Waals surface area (Å²) in [5, 5.41) is 10.9. The van der Waals surface area contributed by atoms with Crippen molar-refractivity contribution in [3.05, 3.63) is 56.3 Å². The molecule has 29 heavy (non-hydrogen) atoms. The van der Waals surface area contributed by atoms with Gasteiger partial charge in [0.15, 0.2) is 0 Å². The number of nitrogens with one attached hydrogen (secondary N) is 1. The highest BCUT2D eigenvalue weighted by molar-refractivity contribution is 5.27. The Bertz CT molecular complexity index is 715. The molecule has 3 aliphatic rings. The van der Waals surface area contributed by atoms with Crippen molar-refractivity contribution in [1.29, 1.82) is 0 Å². The number of hydrogen-bond acceptors (Lipinski definition) is 5. The van der Waals surface area contributed by atoms with Gasteiger partial charge in [0.2, 0.25) is 0 Å². The Labute approximate surface area is 172 Å². The fourth-order valence-corrected chi connectivity index (χ4v) is 4.41. The molecule has 2 atom stereocenters. The molecule has 2 aliphatic heterocycles. The van der Waals surface area contributed by atoms with Gasteiger partial charge in [-0.25, -0.2) is 0 Å². The zero-order valence-electron chi connectivity index (χ0n) is 17.2. The second-order valence-electron chi connectivity index (χ2n) is 8.14. The predicted octanol–water partition coefficient (Wildman–Crippen LogP) is 3.26. The summed E-state index contributed by atoms with van der Waals surface area (Å²) in [4.78, 5) is 10.4. The number of rotatable bonds is 8. The standard InChI is InChI=1S/C20H31N9/c1-16-10-19(12-23-11-16)18-4-2-17(3-5-18)15-28-6-8-29(9-7-28)20(13-24-26-21)14-25-27-22/h2-4,10,18-20,23H,5-9,11-15H2,1H3. The summed E-state index contributed by atoms with van der Waals surface area (Å²) in [5.41, 5.74) is 20.0. The molecule has 1 fully saturated rings. The number of allylic oxidation sites excluding steroid dienone is 2. The molecule has 1 N–H and O–H groups in total. The summed E-state index contributed by atoms with van der Waals surface area (Å²) in [5.74, 6) is 1.20. The van der Waals surface area contributed by atoms with Crippen LogP contribution in [0, 0.1) is 11.8 Å². The van der Waals surface area contributed by atoms with Crippen molar-refractivity contribution < 1.29 is 0 Å². The van der Waals surface area contributed by atoms with E-state index in [2.05, 4.69) is 66.4 Å². The molecule has 3 rings (SSSR count). The third kappa shape index (κ3) is 6.35. The lowest BCUT2D eigenvalue weighted by molar-refractivity contribution is 0.107. The second kappa shape index (κ2) is 11.0. The monoisotopic (exact) mass is 397 g/mol. The maximum absolute atomic E-state index is 8.59. The largest absolute Gasteiger partial charge is 0.312 e. The Morgan fingerprint density at radius 3 is 2.45 bits per heavy atom. The van der Waals surface area contributed by atoms with Crippen LogP contribution in [0.3, 0.4) is 0 Å². The number of hydrogen-bond donors (Lipinski definition) is 1. The minimum absolute atomic E-state index is 0.0147. The molecule has 156 valence electrons. The Morgan fingerprint density at radius 2 is 1.86 bits per heavy atom. The van der Waals surface area contributed by atoms with Gasteiger partial charge in [0.05, 0.1) is 0 Å². The van der Waals surface area contributed by atoms with Gasteiger partial charge < -0.3 is 5.32 Å². The molecule has 0 radical (unpaired) electrons. The average molecular weight is 398 g/mol. The first-order valence-corrected chi connectivity index (χ1v) is 10.4.